The molecule has 1 heterocycles. The fourth-order valence-electron chi connectivity index (χ4n) is 2.25. The van der Waals surface area contributed by atoms with Crippen LogP contribution in [0.4, 0.5) is 0 Å². The van der Waals surface area contributed by atoms with Gasteiger partial charge >= 0.3 is 0 Å². The van der Waals surface area contributed by atoms with Crippen molar-refractivity contribution >= 4 is 0 Å². The number of rotatable bonds is 0. The topological polar surface area (TPSA) is 23.5 Å². The fraction of sp³-hybridized carbons (Fsp3) is 1.00. The molecule has 1 fully saturated rings. The molecule has 0 radical (unpaired) electrons. The van der Waals surface area contributed by atoms with Crippen molar-refractivity contribution in [2.75, 3.05) is 13.1 Å². The van der Waals surface area contributed by atoms with Crippen LogP contribution in [0.1, 0.15) is 48.0 Å². The predicted molar refractivity (Wildman–Crippen MR) is 64.9 cm³/mol. The molecule has 0 amide bonds. The van der Waals surface area contributed by atoms with Crippen molar-refractivity contribution in [2.45, 2.75) is 59.6 Å². The summed E-state index contributed by atoms with van der Waals surface area (Å²) in [6.45, 7) is 15.4. The molecular weight excluding hydrogens is 186 g/mol. The van der Waals surface area contributed by atoms with Crippen molar-refractivity contribution in [2.24, 2.45) is 11.3 Å². The average molecular weight is 213 g/mol. The van der Waals surface area contributed by atoms with Gasteiger partial charge < -0.3 is 5.11 Å². The van der Waals surface area contributed by atoms with E-state index in [9.17, 15) is 5.11 Å². The van der Waals surface area contributed by atoms with Crippen LogP contribution in [0.5, 0.6) is 0 Å². The molecule has 0 unspecified atom stereocenters. The molecule has 2 heteroatoms. The first-order chi connectivity index (χ1) is 6.60. The Hall–Kier alpha value is -0.0800. The lowest BCUT2D eigenvalue weighted by atomic mass is 9.75. The third kappa shape index (κ3) is 3.46. The summed E-state index contributed by atoms with van der Waals surface area (Å²) in [4.78, 5) is 2.41. The summed E-state index contributed by atoms with van der Waals surface area (Å²) in [5, 5.41) is 9.94. The summed E-state index contributed by atoms with van der Waals surface area (Å²) in [5.74, 6) is 0.598. The SMILES string of the molecule is CC(C)(C)[C@H]1C[C@H](O)CN(C(C)(C)C)C1. The Labute approximate surface area is 94.7 Å². The van der Waals surface area contributed by atoms with Gasteiger partial charge in [0.2, 0.25) is 0 Å². The molecular formula is C13H27NO. The van der Waals surface area contributed by atoms with Crippen molar-refractivity contribution in [3.05, 3.63) is 0 Å². The van der Waals surface area contributed by atoms with Gasteiger partial charge in [0.15, 0.2) is 0 Å². The maximum Gasteiger partial charge on any atom is 0.0670 e. The van der Waals surface area contributed by atoms with E-state index in [1.165, 1.54) is 0 Å². The second kappa shape index (κ2) is 4.06. The number of aliphatic hydroxyl groups excluding tert-OH is 1. The Kier molecular flexibility index (Phi) is 3.52. The highest BCUT2D eigenvalue weighted by Gasteiger charge is 2.36. The highest BCUT2D eigenvalue weighted by atomic mass is 16.3. The molecule has 1 N–H and O–H groups in total. The van der Waals surface area contributed by atoms with Crippen molar-refractivity contribution in [1.82, 2.24) is 4.90 Å². The number of aliphatic hydroxyl groups is 1. The Morgan fingerprint density at radius 1 is 1.00 bits per heavy atom. The Balaban J connectivity index is 2.73. The van der Waals surface area contributed by atoms with E-state index >= 15 is 0 Å². The van der Waals surface area contributed by atoms with Crippen LogP contribution in [0, 0.1) is 11.3 Å². The lowest BCUT2D eigenvalue weighted by Crippen LogP contribution is -2.54. The summed E-state index contributed by atoms with van der Waals surface area (Å²) in [6, 6.07) is 0. The number of hydrogen-bond acceptors (Lipinski definition) is 2. The van der Waals surface area contributed by atoms with Gasteiger partial charge in [-0.3, -0.25) is 4.90 Å². The van der Waals surface area contributed by atoms with E-state index in [4.69, 9.17) is 0 Å². The molecule has 0 aromatic carbocycles. The van der Waals surface area contributed by atoms with Crippen molar-refractivity contribution in [1.29, 1.82) is 0 Å². The second-order valence-corrected chi connectivity index (χ2v) is 7.03. The number of piperidine rings is 1. The average Bonchev–Trinajstić information content (AvgIpc) is 1.99. The quantitative estimate of drug-likeness (QED) is 0.668. The molecule has 0 aliphatic carbocycles. The molecule has 1 saturated heterocycles. The Bertz CT molecular complexity index is 190. The minimum Gasteiger partial charge on any atom is -0.392 e. The monoisotopic (exact) mass is 213 g/mol. The minimum atomic E-state index is -0.151. The fourth-order valence-corrected chi connectivity index (χ4v) is 2.25. The molecule has 2 atom stereocenters. The van der Waals surface area contributed by atoms with Crippen molar-refractivity contribution in [3.8, 4) is 0 Å². The molecule has 0 saturated carbocycles. The first kappa shape index (κ1) is 13.0. The van der Waals surface area contributed by atoms with E-state index in [1.54, 1.807) is 0 Å². The van der Waals surface area contributed by atoms with Gasteiger partial charge in [0, 0.05) is 18.6 Å². The van der Waals surface area contributed by atoms with Crippen molar-refractivity contribution < 1.29 is 5.11 Å². The molecule has 0 bridgehead atoms. The van der Waals surface area contributed by atoms with Gasteiger partial charge in [-0.1, -0.05) is 20.8 Å². The van der Waals surface area contributed by atoms with Gasteiger partial charge in [-0.05, 0) is 38.5 Å². The van der Waals surface area contributed by atoms with Gasteiger partial charge in [-0.15, -0.1) is 0 Å². The first-order valence-electron chi connectivity index (χ1n) is 6.04. The molecule has 2 nitrogen and oxygen atoms in total. The minimum absolute atomic E-state index is 0.151. The van der Waals surface area contributed by atoms with Gasteiger partial charge in [0.05, 0.1) is 6.10 Å². The summed E-state index contributed by atoms with van der Waals surface area (Å²) in [7, 11) is 0. The van der Waals surface area contributed by atoms with Crippen LogP contribution in [-0.4, -0.2) is 34.7 Å². The Morgan fingerprint density at radius 3 is 1.93 bits per heavy atom. The standard InChI is InChI=1S/C13H27NO/c1-12(2,3)10-7-11(15)9-14(8-10)13(4,5)6/h10-11,15H,7-9H2,1-6H3/t10-,11-/m0/s1. The third-order valence-electron chi connectivity index (χ3n) is 3.60. The van der Waals surface area contributed by atoms with E-state index in [2.05, 4.69) is 46.4 Å². The smallest absolute Gasteiger partial charge is 0.0670 e. The second-order valence-electron chi connectivity index (χ2n) is 7.03. The zero-order valence-corrected chi connectivity index (χ0v) is 11.2. The summed E-state index contributed by atoms with van der Waals surface area (Å²) >= 11 is 0. The molecule has 90 valence electrons. The van der Waals surface area contributed by atoms with Crippen LogP contribution < -0.4 is 0 Å². The normalized spacial score (nSPS) is 30.6. The lowest BCUT2D eigenvalue weighted by Gasteiger charge is -2.47. The zero-order valence-electron chi connectivity index (χ0n) is 11.2. The van der Waals surface area contributed by atoms with Crippen molar-refractivity contribution in [3.63, 3.8) is 0 Å². The van der Waals surface area contributed by atoms with Gasteiger partial charge in [0.25, 0.3) is 0 Å². The maximum absolute atomic E-state index is 9.94. The molecule has 0 aromatic heterocycles. The highest BCUT2D eigenvalue weighted by Crippen LogP contribution is 2.35. The van der Waals surface area contributed by atoms with Gasteiger partial charge in [0.1, 0.15) is 0 Å². The van der Waals surface area contributed by atoms with Crippen LogP contribution in [-0.2, 0) is 0 Å². The van der Waals surface area contributed by atoms with E-state index in [0.29, 0.717) is 11.3 Å². The van der Waals surface area contributed by atoms with E-state index in [-0.39, 0.29) is 11.6 Å². The molecule has 0 spiro atoms. The van der Waals surface area contributed by atoms with E-state index in [1.807, 2.05) is 0 Å². The van der Waals surface area contributed by atoms with Crippen LogP contribution in [0.25, 0.3) is 0 Å². The van der Waals surface area contributed by atoms with Gasteiger partial charge in [-0.25, -0.2) is 0 Å². The summed E-state index contributed by atoms with van der Waals surface area (Å²) in [6.07, 6.45) is 0.804. The third-order valence-corrected chi connectivity index (χ3v) is 3.60. The Morgan fingerprint density at radius 2 is 1.53 bits per heavy atom. The van der Waals surface area contributed by atoms with E-state index in [0.717, 1.165) is 19.5 Å². The lowest BCUT2D eigenvalue weighted by molar-refractivity contribution is -0.0321. The van der Waals surface area contributed by atoms with Crippen LogP contribution in [0.3, 0.4) is 0 Å². The van der Waals surface area contributed by atoms with Gasteiger partial charge in [-0.2, -0.15) is 0 Å². The summed E-state index contributed by atoms with van der Waals surface area (Å²) < 4.78 is 0. The largest absolute Gasteiger partial charge is 0.392 e. The maximum atomic E-state index is 9.94. The molecule has 1 rings (SSSR count). The zero-order chi connectivity index (χ0) is 11.9. The summed E-state index contributed by atoms with van der Waals surface area (Å²) in [5.41, 5.74) is 0.468. The number of likely N-dealkylation sites (tertiary alicyclic amines) is 1. The number of nitrogens with zero attached hydrogens (tertiary/aromatic N) is 1. The molecule has 15 heavy (non-hydrogen) atoms. The van der Waals surface area contributed by atoms with E-state index < -0.39 is 0 Å². The van der Waals surface area contributed by atoms with Crippen LogP contribution in [0.15, 0.2) is 0 Å². The number of β-amino-alcohol motifs (C(OH)–C–C–N with tert-alkyl or cyclic N) is 1. The highest BCUT2D eigenvalue weighted by molar-refractivity contribution is 4.90. The van der Waals surface area contributed by atoms with Crippen LogP contribution >= 0.6 is 0 Å². The number of hydrogen-bond donors (Lipinski definition) is 1. The predicted octanol–water partition coefficient (Wildman–Crippen LogP) is 2.51. The molecule has 1 aliphatic heterocycles. The first-order valence-corrected chi connectivity index (χ1v) is 6.04. The van der Waals surface area contributed by atoms with Crippen LogP contribution in [0.2, 0.25) is 0 Å². The molecule has 0 aromatic rings. The molecule has 1 aliphatic rings.